The predicted molar refractivity (Wildman–Crippen MR) is 123 cm³/mol. The van der Waals surface area contributed by atoms with Crippen LogP contribution in [0.25, 0.3) is 0 Å². The van der Waals surface area contributed by atoms with Gasteiger partial charge in [0, 0.05) is 6.54 Å². The topological polar surface area (TPSA) is 92.8 Å². The van der Waals surface area contributed by atoms with Crippen LogP contribution in [0.15, 0.2) is 54.1 Å². The van der Waals surface area contributed by atoms with Crippen molar-refractivity contribution in [3.63, 3.8) is 0 Å². The lowest BCUT2D eigenvalue weighted by molar-refractivity contribution is -0.124. The number of nitrogens with one attached hydrogen (secondary N) is 1. The first-order chi connectivity index (χ1) is 16.0. The highest BCUT2D eigenvalue weighted by atomic mass is 16.5. The van der Waals surface area contributed by atoms with Gasteiger partial charge in [-0.1, -0.05) is 29.8 Å². The van der Waals surface area contributed by atoms with Crippen LogP contribution in [-0.2, 0) is 9.53 Å². The molecule has 0 saturated carbocycles. The van der Waals surface area contributed by atoms with Crippen LogP contribution in [0.3, 0.4) is 0 Å². The number of aryl methyl sites for hydroxylation is 1. The second-order valence-electron chi connectivity index (χ2n) is 8.28. The molecule has 1 N–H and O–H groups in total. The molecule has 2 aliphatic rings. The smallest absolute Gasteiger partial charge is 0.338 e. The molecular formula is C26H26N2O5. The van der Waals surface area contributed by atoms with Crippen LogP contribution in [-0.4, -0.2) is 36.8 Å². The summed E-state index contributed by atoms with van der Waals surface area (Å²) in [5, 5.41) is 2.76. The largest absolute Gasteiger partial charge is 0.452 e. The molecule has 0 atom stereocenters. The fraction of sp³-hybridized carbons (Fsp3) is 0.308. The standard InChI is InChI=1S/C26H26N2O5/c1-17-7-5-6-10-22(17)28-24(30)20-12-11-19(15-21(20)25(28)31)26(32)33-16-23(29)27-14-13-18-8-3-2-4-9-18/h5-8,10-12,15H,2-4,9,13-14,16H2,1H3,(H,27,29). The maximum absolute atomic E-state index is 12.9. The quantitative estimate of drug-likeness (QED) is 0.395. The van der Waals surface area contributed by atoms with E-state index in [0.717, 1.165) is 29.7 Å². The fourth-order valence-corrected chi connectivity index (χ4v) is 4.16. The van der Waals surface area contributed by atoms with Gasteiger partial charge >= 0.3 is 5.97 Å². The van der Waals surface area contributed by atoms with Gasteiger partial charge in [-0.05, 0) is 68.9 Å². The Labute approximate surface area is 192 Å². The van der Waals surface area contributed by atoms with E-state index < -0.39 is 24.4 Å². The van der Waals surface area contributed by atoms with Crippen molar-refractivity contribution in [1.29, 1.82) is 0 Å². The number of imide groups is 1. The van der Waals surface area contributed by atoms with E-state index in [2.05, 4.69) is 11.4 Å². The van der Waals surface area contributed by atoms with Crippen LogP contribution in [0, 0.1) is 6.92 Å². The molecule has 0 bridgehead atoms. The van der Waals surface area contributed by atoms with Crippen LogP contribution >= 0.6 is 0 Å². The van der Waals surface area contributed by atoms with E-state index in [1.807, 2.05) is 19.1 Å². The molecule has 0 spiro atoms. The fourth-order valence-electron chi connectivity index (χ4n) is 4.16. The number of carbonyl (C=O) groups excluding carboxylic acids is 4. The minimum Gasteiger partial charge on any atom is -0.452 e. The average molecular weight is 447 g/mol. The molecule has 1 aliphatic heterocycles. The van der Waals surface area contributed by atoms with Gasteiger partial charge in [0.15, 0.2) is 6.61 Å². The Morgan fingerprint density at radius 1 is 1.03 bits per heavy atom. The maximum Gasteiger partial charge on any atom is 0.338 e. The first kappa shape index (κ1) is 22.5. The summed E-state index contributed by atoms with van der Waals surface area (Å²) < 4.78 is 5.11. The van der Waals surface area contributed by atoms with Crippen LogP contribution in [0.5, 0.6) is 0 Å². The lowest BCUT2D eigenvalue weighted by Crippen LogP contribution is -2.30. The Bertz CT molecular complexity index is 1150. The number of hydrogen-bond acceptors (Lipinski definition) is 5. The molecule has 4 rings (SSSR count). The van der Waals surface area contributed by atoms with Crippen molar-refractivity contribution in [2.45, 2.75) is 39.0 Å². The zero-order chi connectivity index (χ0) is 23.4. The van der Waals surface area contributed by atoms with Gasteiger partial charge in [-0.2, -0.15) is 0 Å². The number of nitrogens with zero attached hydrogens (tertiary/aromatic N) is 1. The average Bonchev–Trinajstić information content (AvgIpc) is 3.08. The molecule has 1 aliphatic carbocycles. The Morgan fingerprint density at radius 2 is 1.82 bits per heavy atom. The maximum atomic E-state index is 12.9. The van der Waals surface area contributed by atoms with Crippen molar-refractivity contribution in [1.82, 2.24) is 5.32 Å². The second kappa shape index (κ2) is 9.81. The summed E-state index contributed by atoms with van der Waals surface area (Å²) in [5.74, 6) is -2.03. The molecular weight excluding hydrogens is 420 g/mol. The minimum absolute atomic E-state index is 0.113. The van der Waals surface area contributed by atoms with Crippen LogP contribution in [0.2, 0.25) is 0 Å². The second-order valence-corrected chi connectivity index (χ2v) is 8.28. The number of anilines is 1. The molecule has 2 aromatic rings. The van der Waals surface area contributed by atoms with Gasteiger partial charge in [0.1, 0.15) is 0 Å². The van der Waals surface area contributed by atoms with Crippen LogP contribution in [0.1, 0.15) is 68.7 Å². The number of hydrogen-bond donors (Lipinski definition) is 1. The molecule has 3 amide bonds. The van der Waals surface area contributed by atoms with Gasteiger partial charge in [-0.15, -0.1) is 0 Å². The van der Waals surface area contributed by atoms with Gasteiger partial charge in [0.25, 0.3) is 17.7 Å². The van der Waals surface area contributed by atoms with Crippen molar-refractivity contribution in [3.8, 4) is 0 Å². The Morgan fingerprint density at radius 3 is 2.58 bits per heavy atom. The van der Waals surface area contributed by atoms with E-state index in [0.29, 0.717) is 12.2 Å². The van der Waals surface area contributed by atoms with E-state index in [1.54, 1.807) is 12.1 Å². The van der Waals surface area contributed by atoms with Crippen molar-refractivity contribution in [2.75, 3.05) is 18.1 Å². The Kier molecular flexibility index (Phi) is 6.68. The molecule has 7 heteroatoms. The summed E-state index contributed by atoms with van der Waals surface area (Å²) in [7, 11) is 0. The van der Waals surface area contributed by atoms with E-state index >= 15 is 0 Å². The highest BCUT2D eigenvalue weighted by Crippen LogP contribution is 2.31. The number of benzene rings is 2. The summed E-state index contributed by atoms with van der Waals surface area (Å²) >= 11 is 0. The lowest BCUT2D eigenvalue weighted by Gasteiger charge is -2.16. The third-order valence-corrected chi connectivity index (χ3v) is 5.97. The van der Waals surface area contributed by atoms with Gasteiger partial charge in [0.05, 0.1) is 22.4 Å². The van der Waals surface area contributed by atoms with E-state index in [1.165, 1.54) is 36.6 Å². The molecule has 1 heterocycles. The third-order valence-electron chi connectivity index (χ3n) is 5.97. The molecule has 0 saturated heterocycles. The highest BCUT2D eigenvalue weighted by molar-refractivity contribution is 6.34. The number of esters is 1. The van der Waals surface area contributed by atoms with Gasteiger partial charge < -0.3 is 10.1 Å². The number of carbonyl (C=O) groups is 4. The number of amides is 3. The number of ether oxygens (including phenoxy) is 1. The van der Waals surface area contributed by atoms with Crippen molar-refractivity contribution < 1.29 is 23.9 Å². The van der Waals surface area contributed by atoms with E-state index in [9.17, 15) is 19.2 Å². The van der Waals surface area contributed by atoms with Crippen LogP contribution < -0.4 is 10.2 Å². The molecule has 2 aromatic carbocycles. The monoisotopic (exact) mass is 446 g/mol. The van der Waals surface area contributed by atoms with Crippen LogP contribution in [0.4, 0.5) is 5.69 Å². The number of rotatable bonds is 7. The molecule has 0 radical (unpaired) electrons. The predicted octanol–water partition coefficient (Wildman–Crippen LogP) is 3.96. The third kappa shape index (κ3) is 4.87. The van der Waals surface area contributed by atoms with Crippen molar-refractivity contribution in [3.05, 3.63) is 76.4 Å². The summed E-state index contributed by atoms with van der Waals surface area (Å²) in [6.45, 7) is 1.92. The summed E-state index contributed by atoms with van der Waals surface area (Å²) in [6, 6.07) is 11.3. The minimum atomic E-state index is -0.725. The number of allylic oxidation sites excluding steroid dienone is 1. The molecule has 0 aromatic heterocycles. The van der Waals surface area contributed by atoms with Gasteiger partial charge in [0.2, 0.25) is 0 Å². The summed E-state index contributed by atoms with van der Waals surface area (Å²) in [6.07, 6.45) is 7.62. The number of para-hydroxylation sites is 1. The molecule has 0 fully saturated rings. The zero-order valence-corrected chi connectivity index (χ0v) is 18.6. The van der Waals surface area contributed by atoms with Crippen molar-refractivity contribution in [2.24, 2.45) is 0 Å². The molecule has 0 unspecified atom stereocenters. The normalized spacial score (nSPS) is 15.2. The molecule has 33 heavy (non-hydrogen) atoms. The first-order valence-corrected chi connectivity index (χ1v) is 11.2. The SMILES string of the molecule is Cc1ccccc1N1C(=O)c2ccc(C(=O)OCC(=O)NCCC3=CCCCC3)cc2C1=O. The first-order valence-electron chi connectivity index (χ1n) is 11.2. The zero-order valence-electron chi connectivity index (χ0n) is 18.6. The lowest BCUT2D eigenvalue weighted by atomic mass is 9.97. The van der Waals surface area contributed by atoms with E-state index in [-0.39, 0.29) is 22.6 Å². The van der Waals surface area contributed by atoms with Gasteiger partial charge in [-0.3, -0.25) is 14.4 Å². The summed E-state index contributed by atoms with van der Waals surface area (Å²) in [5.41, 5.74) is 3.14. The van der Waals surface area contributed by atoms with Crippen molar-refractivity contribution >= 4 is 29.4 Å². The van der Waals surface area contributed by atoms with Gasteiger partial charge in [-0.25, -0.2) is 9.69 Å². The molecule has 7 nitrogen and oxygen atoms in total. The Balaban J connectivity index is 1.35. The summed E-state index contributed by atoms with van der Waals surface area (Å²) in [4.78, 5) is 51.3. The van der Waals surface area contributed by atoms with E-state index in [4.69, 9.17) is 4.74 Å². The molecule has 170 valence electrons. The highest BCUT2D eigenvalue weighted by Gasteiger charge is 2.37. The number of fused-ring (bicyclic) bond motifs is 1. The Hall–Kier alpha value is -3.74.